The Balaban J connectivity index is 1.59. The van der Waals surface area contributed by atoms with E-state index in [1.54, 1.807) is 6.07 Å². The first-order chi connectivity index (χ1) is 11.7. The lowest BCUT2D eigenvalue weighted by Gasteiger charge is -2.17. The van der Waals surface area contributed by atoms with Crippen LogP contribution in [0.1, 0.15) is 35.7 Å². The molecule has 2 heterocycles. The number of fused-ring (bicyclic) bond motifs is 1. The van der Waals surface area contributed by atoms with Crippen molar-refractivity contribution in [1.29, 1.82) is 0 Å². The van der Waals surface area contributed by atoms with Gasteiger partial charge in [0.1, 0.15) is 0 Å². The van der Waals surface area contributed by atoms with Gasteiger partial charge in [-0.2, -0.15) is 0 Å². The molecule has 1 amide bonds. The SMILES string of the molecule is CCCNc1nnc(SCC(=O)c2ccc3c(c2)CCC(=O)N3)s1. The van der Waals surface area contributed by atoms with Crippen LogP contribution in [0.5, 0.6) is 0 Å². The molecule has 0 unspecified atom stereocenters. The smallest absolute Gasteiger partial charge is 0.224 e. The Bertz CT molecular complexity index is 760. The summed E-state index contributed by atoms with van der Waals surface area (Å²) in [5.41, 5.74) is 2.50. The molecule has 0 aliphatic carbocycles. The minimum atomic E-state index is 0.0286. The molecule has 0 spiro atoms. The molecule has 1 aliphatic rings. The number of Topliss-reactive ketones (excluding diaryl/α,β-unsaturated/α-hetero) is 1. The molecule has 0 bridgehead atoms. The van der Waals surface area contributed by atoms with Gasteiger partial charge in [-0.05, 0) is 36.6 Å². The molecule has 1 aromatic carbocycles. The normalized spacial score (nSPS) is 13.3. The average molecular weight is 362 g/mol. The maximum Gasteiger partial charge on any atom is 0.224 e. The summed E-state index contributed by atoms with van der Waals surface area (Å²) in [5, 5.41) is 14.9. The summed E-state index contributed by atoms with van der Waals surface area (Å²) in [6, 6.07) is 5.45. The molecule has 6 nitrogen and oxygen atoms in total. The van der Waals surface area contributed by atoms with Crippen molar-refractivity contribution in [2.75, 3.05) is 22.9 Å². The van der Waals surface area contributed by atoms with E-state index >= 15 is 0 Å². The first-order valence-corrected chi connectivity index (χ1v) is 9.62. The number of amides is 1. The third kappa shape index (κ3) is 4.12. The Hall–Kier alpha value is -1.93. The van der Waals surface area contributed by atoms with Crippen LogP contribution in [0, 0.1) is 0 Å². The molecule has 0 radical (unpaired) electrons. The zero-order valence-electron chi connectivity index (χ0n) is 13.3. The van der Waals surface area contributed by atoms with Crippen molar-refractivity contribution in [2.24, 2.45) is 0 Å². The molecule has 126 valence electrons. The van der Waals surface area contributed by atoms with E-state index in [1.165, 1.54) is 23.1 Å². The predicted molar refractivity (Wildman–Crippen MR) is 97.1 cm³/mol. The van der Waals surface area contributed by atoms with E-state index in [1.807, 2.05) is 12.1 Å². The molecular formula is C16H18N4O2S2. The van der Waals surface area contributed by atoms with Crippen LogP contribution < -0.4 is 10.6 Å². The zero-order chi connectivity index (χ0) is 16.9. The minimum Gasteiger partial charge on any atom is -0.360 e. The minimum absolute atomic E-state index is 0.0286. The van der Waals surface area contributed by atoms with E-state index in [0.29, 0.717) is 24.2 Å². The van der Waals surface area contributed by atoms with E-state index < -0.39 is 0 Å². The first-order valence-electron chi connectivity index (χ1n) is 7.82. The number of rotatable bonds is 7. The number of ketones is 1. The molecule has 0 saturated carbocycles. The van der Waals surface area contributed by atoms with Crippen LogP contribution >= 0.6 is 23.1 Å². The number of carbonyl (C=O) groups excluding carboxylic acids is 2. The number of thioether (sulfide) groups is 1. The number of aryl methyl sites for hydroxylation is 1. The van der Waals surface area contributed by atoms with Crippen molar-refractivity contribution in [1.82, 2.24) is 10.2 Å². The van der Waals surface area contributed by atoms with Crippen molar-refractivity contribution >= 4 is 45.6 Å². The van der Waals surface area contributed by atoms with Crippen LogP contribution in [0.4, 0.5) is 10.8 Å². The van der Waals surface area contributed by atoms with E-state index in [4.69, 9.17) is 0 Å². The molecule has 2 aromatic rings. The number of hydrogen-bond acceptors (Lipinski definition) is 7. The van der Waals surface area contributed by atoms with Crippen LogP contribution in [-0.2, 0) is 11.2 Å². The number of aromatic nitrogens is 2. The molecule has 24 heavy (non-hydrogen) atoms. The Morgan fingerprint density at radius 2 is 2.25 bits per heavy atom. The Kier molecular flexibility index (Phi) is 5.47. The molecule has 0 atom stereocenters. The lowest BCUT2D eigenvalue weighted by molar-refractivity contribution is -0.116. The molecule has 2 N–H and O–H groups in total. The molecule has 8 heteroatoms. The fourth-order valence-corrected chi connectivity index (χ4v) is 4.01. The summed E-state index contributed by atoms with van der Waals surface area (Å²) >= 11 is 2.86. The number of anilines is 2. The highest BCUT2D eigenvalue weighted by Crippen LogP contribution is 2.27. The first kappa shape index (κ1) is 16.9. The molecule has 3 rings (SSSR count). The maximum atomic E-state index is 12.4. The van der Waals surface area contributed by atoms with Gasteiger partial charge in [-0.1, -0.05) is 30.0 Å². The van der Waals surface area contributed by atoms with Gasteiger partial charge in [-0.3, -0.25) is 9.59 Å². The number of nitrogens with zero attached hydrogens (tertiary/aromatic N) is 2. The standard InChI is InChI=1S/C16H18N4O2S2/c1-2-7-17-15-19-20-16(24-15)23-9-13(21)11-3-5-12-10(8-11)4-6-14(22)18-12/h3,5,8H,2,4,6-7,9H2,1H3,(H,17,19)(H,18,22). The topological polar surface area (TPSA) is 84.0 Å². The Labute approximate surface area is 148 Å². The van der Waals surface area contributed by atoms with Crippen molar-refractivity contribution in [3.05, 3.63) is 29.3 Å². The third-order valence-electron chi connectivity index (χ3n) is 3.58. The predicted octanol–water partition coefficient (Wildman–Crippen LogP) is 3.22. The van der Waals surface area contributed by atoms with Crippen molar-refractivity contribution in [3.8, 4) is 0 Å². The number of benzene rings is 1. The fourth-order valence-electron chi connectivity index (χ4n) is 2.34. The number of hydrogen-bond donors (Lipinski definition) is 2. The summed E-state index contributed by atoms with van der Waals surface area (Å²) in [6.45, 7) is 2.95. The van der Waals surface area contributed by atoms with Crippen LogP contribution in [0.3, 0.4) is 0 Å². The van der Waals surface area contributed by atoms with Crippen LogP contribution in [-0.4, -0.2) is 34.2 Å². The highest BCUT2D eigenvalue weighted by Gasteiger charge is 2.17. The highest BCUT2D eigenvalue weighted by molar-refractivity contribution is 8.01. The van der Waals surface area contributed by atoms with Crippen LogP contribution in [0.15, 0.2) is 22.5 Å². The van der Waals surface area contributed by atoms with Gasteiger partial charge in [-0.25, -0.2) is 0 Å². The summed E-state index contributed by atoms with van der Waals surface area (Å²) < 4.78 is 0.784. The molecule has 0 fully saturated rings. The molecule has 1 aromatic heterocycles. The van der Waals surface area contributed by atoms with Gasteiger partial charge in [0.25, 0.3) is 0 Å². The van der Waals surface area contributed by atoms with Crippen LogP contribution in [0.2, 0.25) is 0 Å². The van der Waals surface area contributed by atoms with Crippen molar-refractivity contribution < 1.29 is 9.59 Å². The quantitative estimate of drug-likeness (QED) is 0.581. The Morgan fingerprint density at radius 1 is 1.38 bits per heavy atom. The van der Waals surface area contributed by atoms with Crippen molar-refractivity contribution in [3.63, 3.8) is 0 Å². The van der Waals surface area contributed by atoms with Crippen LogP contribution in [0.25, 0.3) is 0 Å². The summed E-state index contributed by atoms with van der Waals surface area (Å²) in [4.78, 5) is 23.8. The molecular weight excluding hydrogens is 344 g/mol. The van der Waals surface area contributed by atoms with Gasteiger partial charge in [0.2, 0.25) is 11.0 Å². The van der Waals surface area contributed by atoms with E-state index in [2.05, 4.69) is 27.8 Å². The monoisotopic (exact) mass is 362 g/mol. The van der Waals surface area contributed by atoms with Crippen molar-refractivity contribution in [2.45, 2.75) is 30.5 Å². The Morgan fingerprint density at radius 3 is 3.08 bits per heavy atom. The lowest BCUT2D eigenvalue weighted by atomic mass is 9.99. The van der Waals surface area contributed by atoms with Gasteiger partial charge < -0.3 is 10.6 Å². The summed E-state index contributed by atoms with van der Waals surface area (Å²) in [6.07, 6.45) is 2.18. The van der Waals surface area contributed by atoms with E-state index in [0.717, 1.165) is 33.7 Å². The second kappa shape index (κ2) is 7.76. The number of nitrogens with one attached hydrogen (secondary N) is 2. The van der Waals surface area contributed by atoms with Gasteiger partial charge in [0.05, 0.1) is 5.75 Å². The van der Waals surface area contributed by atoms with Gasteiger partial charge in [0, 0.05) is 24.2 Å². The van der Waals surface area contributed by atoms with Gasteiger partial charge >= 0.3 is 0 Å². The second-order valence-corrected chi connectivity index (χ2v) is 7.63. The van der Waals surface area contributed by atoms with E-state index in [9.17, 15) is 9.59 Å². The third-order valence-corrected chi connectivity index (χ3v) is 5.60. The fraction of sp³-hybridized carbons (Fsp3) is 0.375. The average Bonchev–Trinajstić information content (AvgIpc) is 3.05. The second-order valence-electron chi connectivity index (χ2n) is 5.43. The largest absolute Gasteiger partial charge is 0.360 e. The zero-order valence-corrected chi connectivity index (χ0v) is 14.9. The summed E-state index contributed by atoms with van der Waals surface area (Å²) in [5.74, 6) is 0.409. The van der Waals surface area contributed by atoms with Gasteiger partial charge in [0.15, 0.2) is 10.1 Å². The number of carbonyl (C=O) groups is 2. The lowest BCUT2D eigenvalue weighted by Crippen LogP contribution is -2.19. The highest BCUT2D eigenvalue weighted by atomic mass is 32.2. The van der Waals surface area contributed by atoms with Gasteiger partial charge in [-0.15, -0.1) is 10.2 Å². The molecule has 0 saturated heterocycles. The molecule has 1 aliphatic heterocycles. The summed E-state index contributed by atoms with van der Waals surface area (Å²) in [7, 11) is 0. The maximum absolute atomic E-state index is 12.4. The van der Waals surface area contributed by atoms with E-state index in [-0.39, 0.29) is 11.7 Å².